The van der Waals surface area contributed by atoms with Crippen LogP contribution in [0.3, 0.4) is 0 Å². The Balaban J connectivity index is 2.33. The van der Waals surface area contributed by atoms with Crippen LogP contribution < -0.4 is 4.90 Å². The fourth-order valence-corrected chi connectivity index (χ4v) is 2.25. The topological polar surface area (TPSA) is 46.1 Å². The van der Waals surface area contributed by atoms with Crippen molar-refractivity contribution in [1.29, 1.82) is 0 Å². The van der Waals surface area contributed by atoms with Crippen LogP contribution in [-0.2, 0) is 11.2 Å². The van der Waals surface area contributed by atoms with E-state index in [1.165, 1.54) is 0 Å². The van der Waals surface area contributed by atoms with Gasteiger partial charge in [-0.15, -0.1) is 0 Å². The predicted molar refractivity (Wildman–Crippen MR) is 61.5 cm³/mol. The smallest absolute Gasteiger partial charge is 0.161 e. The number of pyridine rings is 2. The standard InChI is InChI=1S/C12H11N3O/c1-15-7-9(16)5-8-6-14-12-10(11(8)15)3-2-4-13-12/h2-4,6H,5,7H2,1H3. The molecule has 16 heavy (non-hydrogen) atoms. The summed E-state index contributed by atoms with van der Waals surface area (Å²) >= 11 is 0. The number of carbonyl (C=O) groups is 1. The van der Waals surface area contributed by atoms with Gasteiger partial charge in [-0.05, 0) is 12.1 Å². The molecule has 0 atom stereocenters. The first-order valence-electron chi connectivity index (χ1n) is 5.21. The van der Waals surface area contributed by atoms with Gasteiger partial charge in [0.15, 0.2) is 11.4 Å². The number of nitrogens with zero attached hydrogens (tertiary/aromatic N) is 3. The van der Waals surface area contributed by atoms with Gasteiger partial charge in [-0.2, -0.15) is 0 Å². The zero-order valence-electron chi connectivity index (χ0n) is 8.97. The number of fused-ring (bicyclic) bond motifs is 3. The molecule has 3 heterocycles. The molecule has 0 aromatic carbocycles. The fourth-order valence-electron chi connectivity index (χ4n) is 2.25. The van der Waals surface area contributed by atoms with E-state index in [-0.39, 0.29) is 5.78 Å². The van der Waals surface area contributed by atoms with Crippen molar-refractivity contribution < 1.29 is 4.79 Å². The highest BCUT2D eigenvalue weighted by molar-refractivity contribution is 5.98. The predicted octanol–water partition coefficient (Wildman–Crippen LogP) is 1.19. The second kappa shape index (κ2) is 3.27. The van der Waals surface area contributed by atoms with Crippen LogP contribution in [0, 0.1) is 0 Å². The molecular weight excluding hydrogens is 202 g/mol. The Morgan fingerprint density at radius 3 is 3.12 bits per heavy atom. The Hall–Kier alpha value is -1.97. The van der Waals surface area contributed by atoms with Crippen LogP contribution in [0.1, 0.15) is 5.56 Å². The summed E-state index contributed by atoms with van der Waals surface area (Å²) < 4.78 is 0. The van der Waals surface area contributed by atoms with E-state index in [0.29, 0.717) is 13.0 Å². The molecule has 0 radical (unpaired) electrons. The van der Waals surface area contributed by atoms with Crippen molar-refractivity contribution in [2.75, 3.05) is 18.5 Å². The van der Waals surface area contributed by atoms with E-state index < -0.39 is 0 Å². The van der Waals surface area contributed by atoms with Crippen molar-refractivity contribution in [3.05, 3.63) is 30.1 Å². The third kappa shape index (κ3) is 1.26. The maximum Gasteiger partial charge on any atom is 0.161 e. The van der Waals surface area contributed by atoms with Gasteiger partial charge in [0.2, 0.25) is 0 Å². The minimum atomic E-state index is 0.236. The molecule has 0 fully saturated rings. The van der Waals surface area contributed by atoms with Crippen LogP contribution in [0.2, 0.25) is 0 Å². The molecule has 4 heteroatoms. The van der Waals surface area contributed by atoms with Gasteiger partial charge in [0, 0.05) is 36.8 Å². The lowest BCUT2D eigenvalue weighted by atomic mass is 10.0. The van der Waals surface area contributed by atoms with Crippen LogP contribution in [0.25, 0.3) is 11.0 Å². The highest BCUT2D eigenvalue weighted by atomic mass is 16.1. The summed E-state index contributed by atoms with van der Waals surface area (Å²) in [6.07, 6.45) is 3.98. The normalized spacial score (nSPS) is 15.3. The lowest BCUT2D eigenvalue weighted by Crippen LogP contribution is -2.32. The first kappa shape index (κ1) is 9.27. The first-order valence-corrected chi connectivity index (χ1v) is 5.21. The Labute approximate surface area is 92.9 Å². The molecule has 3 rings (SSSR count). The molecule has 0 aliphatic carbocycles. The number of ketones is 1. The number of Topliss-reactive ketones (excluding diaryl/α,β-unsaturated/α-hetero) is 1. The molecule has 1 aliphatic rings. The molecule has 0 amide bonds. The SMILES string of the molecule is CN1CC(=O)Cc2cnc3ncccc3c21. The highest BCUT2D eigenvalue weighted by Crippen LogP contribution is 2.30. The number of hydrogen-bond acceptors (Lipinski definition) is 4. The average molecular weight is 213 g/mol. The van der Waals surface area contributed by atoms with E-state index >= 15 is 0 Å². The van der Waals surface area contributed by atoms with E-state index in [2.05, 4.69) is 9.97 Å². The van der Waals surface area contributed by atoms with Gasteiger partial charge in [-0.3, -0.25) is 4.79 Å². The Bertz CT molecular complexity index is 579. The van der Waals surface area contributed by atoms with Gasteiger partial charge < -0.3 is 4.90 Å². The molecule has 0 saturated carbocycles. The quantitative estimate of drug-likeness (QED) is 0.659. The third-order valence-corrected chi connectivity index (χ3v) is 2.87. The lowest BCUT2D eigenvalue weighted by Gasteiger charge is -2.27. The molecule has 0 N–H and O–H groups in total. The monoisotopic (exact) mass is 213 g/mol. The molecular formula is C12H11N3O. The Morgan fingerprint density at radius 2 is 2.25 bits per heavy atom. The third-order valence-electron chi connectivity index (χ3n) is 2.87. The number of hydrogen-bond donors (Lipinski definition) is 0. The van der Waals surface area contributed by atoms with E-state index in [9.17, 15) is 4.79 Å². The summed E-state index contributed by atoms with van der Waals surface area (Å²) in [7, 11) is 1.93. The van der Waals surface area contributed by atoms with Gasteiger partial charge >= 0.3 is 0 Å². The van der Waals surface area contributed by atoms with E-state index in [1.54, 1.807) is 12.4 Å². The summed E-state index contributed by atoms with van der Waals surface area (Å²) in [5.74, 6) is 0.236. The van der Waals surface area contributed by atoms with Crippen molar-refractivity contribution in [2.24, 2.45) is 0 Å². The molecule has 2 aromatic rings. The first-order chi connectivity index (χ1) is 7.75. The number of likely N-dealkylation sites (N-methyl/N-ethyl adjacent to an activating group) is 1. The van der Waals surface area contributed by atoms with Gasteiger partial charge in [0.25, 0.3) is 0 Å². The van der Waals surface area contributed by atoms with Gasteiger partial charge in [0.1, 0.15) is 0 Å². The Kier molecular flexibility index (Phi) is 1.89. The van der Waals surface area contributed by atoms with Gasteiger partial charge in [-0.25, -0.2) is 9.97 Å². The van der Waals surface area contributed by atoms with Crippen LogP contribution in [0.15, 0.2) is 24.5 Å². The molecule has 0 saturated heterocycles. The molecule has 4 nitrogen and oxygen atoms in total. The molecule has 2 aromatic heterocycles. The van der Waals surface area contributed by atoms with Crippen molar-refractivity contribution in [1.82, 2.24) is 9.97 Å². The van der Waals surface area contributed by atoms with Crippen LogP contribution >= 0.6 is 0 Å². The number of aromatic nitrogens is 2. The summed E-state index contributed by atoms with van der Waals surface area (Å²) in [6.45, 7) is 0.473. The second-order valence-electron chi connectivity index (χ2n) is 4.08. The van der Waals surface area contributed by atoms with Crippen molar-refractivity contribution in [3.63, 3.8) is 0 Å². The zero-order valence-corrected chi connectivity index (χ0v) is 8.97. The lowest BCUT2D eigenvalue weighted by molar-refractivity contribution is -0.117. The maximum absolute atomic E-state index is 11.5. The fraction of sp³-hybridized carbons (Fsp3) is 0.250. The second-order valence-corrected chi connectivity index (χ2v) is 4.08. The minimum Gasteiger partial charge on any atom is -0.366 e. The molecule has 0 unspecified atom stereocenters. The highest BCUT2D eigenvalue weighted by Gasteiger charge is 2.22. The summed E-state index contributed by atoms with van der Waals surface area (Å²) in [5, 5.41) is 1.02. The molecule has 0 bridgehead atoms. The van der Waals surface area contributed by atoms with Crippen molar-refractivity contribution >= 4 is 22.5 Å². The average Bonchev–Trinajstić information content (AvgIpc) is 2.28. The number of carbonyl (C=O) groups excluding carboxylic acids is 1. The van der Waals surface area contributed by atoms with E-state index in [4.69, 9.17) is 0 Å². The molecule has 1 aliphatic heterocycles. The largest absolute Gasteiger partial charge is 0.366 e. The Morgan fingerprint density at radius 1 is 1.38 bits per heavy atom. The number of rotatable bonds is 0. The summed E-state index contributed by atoms with van der Waals surface area (Å²) in [6, 6.07) is 3.90. The maximum atomic E-state index is 11.5. The van der Waals surface area contributed by atoms with Crippen LogP contribution in [0.5, 0.6) is 0 Å². The van der Waals surface area contributed by atoms with E-state index in [1.807, 2.05) is 24.1 Å². The van der Waals surface area contributed by atoms with Gasteiger partial charge in [0.05, 0.1) is 12.2 Å². The van der Waals surface area contributed by atoms with Crippen molar-refractivity contribution in [2.45, 2.75) is 6.42 Å². The number of anilines is 1. The van der Waals surface area contributed by atoms with Crippen LogP contribution in [0.4, 0.5) is 5.69 Å². The van der Waals surface area contributed by atoms with Crippen LogP contribution in [-0.4, -0.2) is 29.3 Å². The van der Waals surface area contributed by atoms with Gasteiger partial charge in [-0.1, -0.05) is 0 Å². The summed E-state index contributed by atoms with van der Waals surface area (Å²) in [4.78, 5) is 22.0. The van der Waals surface area contributed by atoms with Crippen molar-refractivity contribution in [3.8, 4) is 0 Å². The zero-order chi connectivity index (χ0) is 11.1. The molecule has 0 spiro atoms. The van der Waals surface area contributed by atoms with E-state index in [0.717, 1.165) is 22.3 Å². The minimum absolute atomic E-state index is 0.236. The molecule has 80 valence electrons. The summed E-state index contributed by atoms with van der Waals surface area (Å²) in [5.41, 5.74) is 2.83.